The molecule has 0 aromatic heterocycles. The Labute approximate surface area is 210 Å². The van der Waals surface area contributed by atoms with E-state index in [1.807, 2.05) is 18.7 Å². The molecule has 3 aromatic carbocycles. The molecule has 9 nitrogen and oxygen atoms in total. The molecule has 4 N–H and O–H groups in total. The van der Waals surface area contributed by atoms with Crippen LogP contribution in [0.2, 0.25) is 5.02 Å². The zero-order valence-electron chi connectivity index (χ0n) is 18.5. The van der Waals surface area contributed by atoms with E-state index in [-0.39, 0.29) is 28.6 Å². The van der Waals surface area contributed by atoms with E-state index in [9.17, 15) is 23.1 Å². The Bertz CT molecular complexity index is 1370. The number of benzene rings is 2. The molecule has 0 bridgehead atoms. The van der Waals surface area contributed by atoms with Gasteiger partial charge in [0.15, 0.2) is 5.75 Å². The third-order valence-electron chi connectivity index (χ3n) is 5.27. The number of nitrogens with zero attached hydrogens (tertiary/aromatic N) is 1. The second-order valence-electron chi connectivity index (χ2n) is 7.34. The Morgan fingerprint density at radius 2 is 1.56 bits per heavy atom. The smallest absolute Gasteiger partial charge is 0.253 e. The van der Waals surface area contributed by atoms with Gasteiger partial charge in [-0.2, -0.15) is 0 Å². The number of sulfonamides is 1. The largest absolute Gasteiger partial charge is 0.504 e. The van der Waals surface area contributed by atoms with Crippen molar-refractivity contribution in [2.75, 3.05) is 36.8 Å². The van der Waals surface area contributed by atoms with Crippen LogP contribution in [0.5, 0.6) is 5.75 Å². The molecule has 34 heavy (non-hydrogen) atoms. The molecule has 0 saturated carbocycles. The molecule has 0 amide bonds. The van der Waals surface area contributed by atoms with Crippen molar-refractivity contribution in [3.63, 3.8) is 0 Å². The van der Waals surface area contributed by atoms with Crippen LogP contribution in [-0.2, 0) is 10.0 Å². The molecule has 0 aliphatic heterocycles. The van der Waals surface area contributed by atoms with Crippen LogP contribution in [0.15, 0.2) is 55.4 Å². The summed E-state index contributed by atoms with van der Waals surface area (Å²) in [6.07, 6.45) is 0. The van der Waals surface area contributed by atoms with Crippen molar-refractivity contribution in [3.05, 3.63) is 66.3 Å². The fourth-order valence-electron chi connectivity index (χ4n) is 3.32. The van der Waals surface area contributed by atoms with Crippen LogP contribution in [0.4, 0.5) is 22.7 Å². The molecule has 0 aliphatic carbocycles. The van der Waals surface area contributed by atoms with Gasteiger partial charge >= 0.3 is 0 Å². The lowest BCUT2D eigenvalue weighted by Gasteiger charge is -2.19. The lowest BCUT2D eigenvalue weighted by atomic mass is 10.1. The summed E-state index contributed by atoms with van der Waals surface area (Å²) in [5.74, 6) is -0.664. The Kier molecular flexibility index (Phi) is 8.37. The van der Waals surface area contributed by atoms with Crippen molar-refractivity contribution in [2.45, 2.75) is 18.7 Å². The first-order valence-corrected chi connectivity index (χ1v) is 13.1. The molecule has 0 spiro atoms. The molecule has 0 fully saturated rings. The lowest BCUT2D eigenvalue weighted by molar-refractivity contribution is 0.309. The number of hydrogen-bond acceptors (Lipinski definition) is 8. The number of hydrogen-bond donors (Lipinski definition) is 4. The Hall–Kier alpha value is -2.44. The number of likely N-dealkylation sites (N-methyl/N-ethyl adjacent to an activating group) is 1. The first-order chi connectivity index (χ1) is 16.1. The zero-order chi connectivity index (χ0) is 25.0. The van der Waals surface area contributed by atoms with E-state index in [0.717, 1.165) is 13.1 Å². The van der Waals surface area contributed by atoms with Crippen LogP contribution < -0.4 is 26.2 Å². The summed E-state index contributed by atoms with van der Waals surface area (Å²) >= 11 is 9.46. The first kappa shape index (κ1) is 26.2. The number of nitrogens with one attached hydrogen (secondary N) is 3. The van der Waals surface area contributed by atoms with Crippen molar-refractivity contribution in [1.29, 1.82) is 0 Å². The normalized spacial score (nSPS) is 11.8. The van der Waals surface area contributed by atoms with Gasteiger partial charge in [-0.3, -0.25) is 9.59 Å². The van der Waals surface area contributed by atoms with Crippen molar-refractivity contribution in [3.8, 4) is 5.75 Å². The SMILES string of the molecule is CCN(CC)CCNS(=O)(=O)c1c(Cl)ccc(Nc2c(Nc3ccccc3Br)c(=O)c2=O)c1O. The average molecular weight is 572 g/mol. The number of halogens is 2. The molecule has 182 valence electrons. The second-order valence-corrected chi connectivity index (χ2v) is 10.3. The van der Waals surface area contributed by atoms with E-state index >= 15 is 0 Å². The first-order valence-electron chi connectivity index (χ1n) is 10.5. The van der Waals surface area contributed by atoms with Gasteiger partial charge in [0.2, 0.25) is 10.0 Å². The lowest BCUT2D eigenvalue weighted by Crippen LogP contribution is -2.36. The molecular weight excluding hydrogens is 548 g/mol. The maximum atomic E-state index is 12.9. The summed E-state index contributed by atoms with van der Waals surface area (Å²) in [6, 6.07) is 9.62. The van der Waals surface area contributed by atoms with E-state index in [0.29, 0.717) is 16.7 Å². The highest BCUT2D eigenvalue weighted by Gasteiger charge is 2.27. The van der Waals surface area contributed by atoms with Crippen LogP contribution in [0.1, 0.15) is 13.8 Å². The second kappa shape index (κ2) is 10.9. The Morgan fingerprint density at radius 1 is 0.971 bits per heavy atom. The minimum atomic E-state index is -4.16. The summed E-state index contributed by atoms with van der Waals surface area (Å²) in [5.41, 5.74) is -1.18. The molecule has 0 aliphatic rings. The van der Waals surface area contributed by atoms with Crippen LogP contribution in [-0.4, -0.2) is 44.6 Å². The van der Waals surface area contributed by atoms with Gasteiger partial charge in [-0.05, 0) is 53.3 Å². The van der Waals surface area contributed by atoms with E-state index in [4.69, 9.17) is 11.6 Å². The topological polar surface area (TPSA) is 128 Å². The van der Waals surface area contributed by atoms with Gasteiger partial charge in [-0.25, -0.2) is 13.1 Å². The molecular formula is C22H24BrClN4O5S. The highest BCUT2D eigenvalue weighted by Crippen LogP contribution is 2.39. The molecule has 12 heteroatoms. The van der Waals surface area contributed by atoms with E-state index < -0.39 is 31.5 Å². The quantitative estimate of drug-likeness (QED) is 0.203. The molecule has 3 aromatic rings. The molecule has 0 saturated heterocycles. The number of rotatable bonds is 11. The number of phenols is 1. The summed E-state index contributed by atoms with van der Waals surface area (Å²) in [4.78, 5) is 25.9. The average Bonchev–Trinajstić information content (AvgIpc) is 2.81. The fraction of sp³-hybridized carbons (Fsp3) is 0.273. The number of anilines is 4. The van der Waals surface area contributed by atoms with Crippen molar-refractivity contribution in [2.24, 2.45) is 0 Å². The fourth-order valence-corrected chi connectivity index (χ4v) is 5.35. The molecule has 0 unspecified atom stereocenters. The van der Waals surface area contributed by atoms with Gasteiger partial charge in [0.05, 0.1) is 16.4 Å². The summed E-state index contributed by atoms with van der Waals surface area (Å²) in [6.45, 7) is 6.07. The number of aromatic hydroxyl groups is 1. The molecule has 0 heterocycles. The molecule has 0 radical (unpaired) electrons. The van der Waals surface area contributed by atoms with E-state index in [2.05, 4.69) is 31.3 Å². The van der Waals surface area contributed by atoms with Gasteiger partial charge in [0.25, 0.3) is 10.9 Å². The van der Waals surface area contributed by atoms with Crippen molar-refractivity contribution in [1.82, 2.24) is 9.62 Å². The summed E-state index contributed by atoms with van der Waals surface area (Å²) in [5, 5.41) is 16.1. The zero-order valence-corrected chi connectivity index (χ0v) is 21.6. The third-order valence-corrected chi connectivity index (χ3v) is 7.92. The minimum Gasteiger partial charge on any atom is -0.504 e. The monoisotopic (exact) mass is 570 g/mol. The third kappa shape index (κ3) is 5.44. The van der Waals surface area contributed by atoms with Gasteiger partial charge in [-0.1, -0.05) is 37.6 Å². The van der Waals surface area contributed by atoms with Crippen molar-refractivity contribution >= 4 is 60.3 Å². The predicted molar refractivity (Wildman–Crippen MR) is 138 cm³/mol. The van der Waals surface area contributed by atoms with Gasteiger partial charge in [0, 0.05) is 17.6 Å². The minimum absolute atomic E-state index is 0.00648. The highest BCUT2D eigenvalue weighted by molar-refractivity contribution is 9.10. The van der Waals surface area contributed by atoms with E-state index in [1.165, 1.54) is 12.1 Å². The van der Waals surface area contributed by atoms with Gasteiger partial charge in [0.1, 0.15) is 16.3 Å². The van der Waals surface area contributed by atoms with Crippen LogP contribution in [0.25, 0.3) is 0 Å². The number of para-hydroxylation sites is 1. The van der Waals surface area contributed by atoms with Crippen molar-refractivity contribution < 1.29 is 13.5 Å². The predicted octanol–water partition coefficient (Wildman–Crippen LogP) is 3.51. The molecule has 3 rings (SSSR count). The Balaban J connectivity index is 1.88. The Morgan fingerprint density at radius 3 is 2.15 bits per heavy atom. The van der Waals surface area contributed by atoms with Crippen LogP contribution >= 0.6 is 27.5 Å². The summed E-state index contributed by atoms with van der Waals surface area (Å²) < 4.78 is 28.8. The van der Waals surface area contributed by atoms with Gasteiger partial charge in [-0.15, -0.1) is 0 Å². The van der Waals surface area contributed by atoms with Crippen LogP contribution in [0, 0.1) is 0 Å². The van der Waals surface area contributed by atoms with Crippen LogP contribution in [0.3, 0.4) is 0 Å². The van der Waals surface area contributed by atoms with Gasteiger partial charge < -0.3 is 20.6 Å². The standard InChI is InChI=1S/C22H24BrClN4O5S/c1-3-28(4-2)12-11-25-34(32,33)22-14(24)9-10-16(19(22)29)27-18-17(20(30)21(18)31)26-15-8-6-5-7-13(15)23/h5-10,25-27,29H,3-4,11-12H2,1-2H3. The summed E-state index contributed by atoms with van der Waals surface area (Å²) in [7, 11) is -4.16. The highest BCUT2D eigenvalue weighted by atomic mass is 79.9. The maximum absolute atomic E-state index is 12.9. The molecule has 0 atom stereocenters. The maximum Gasteiger partial charge on any atom is 0.253 e. The number of phenolic OH excluding ortho intramolecular Hbond substituents is 1. The van der Waals surface area contributed by atoms with E-state index in [1.54, 1.807) is 24.3 Å².